The Kier molecular flexibility index (Phi) is 6.88. The number of carbonyl (C=O) groups excluding carboxylic acids is 1. The highest BCUT2D eigenvalue weighted by atomic mass is 35.5. The number of hydrogen-bond donors (Lipinski definition) is 3. The Balaban J connectivity index is 1.31. The minimum atomic E-state index is -4.27. The number of alkyl halides is 3. The first-order valence-corrected chi connectivity index (χ1v) is 12.1. The minimum absolute atomic E-state index is 0.136. The summed E-state index contributed by atoms with van der Waals surface area (Å²) in [7, 11) is 3.16. The second-order valence-corrected chi connectivity index (χ2v) is 9.37. The van der Waals surface area contributed by atoms with E-state index in [4.69, 9.17) is 16.3 Å². The lowest BCUT2D eigenvalue weighted by Gasteiger charge is -2.18. The van der Waals surface area contributed by atoms with Crippen molar-refractivity contribution in [3.63, 3.8) is 0 Å². The molecular formula is C24H24ClF3N8O2. The Bertz CT molecular complexity index is 1490. The number of aromatic nitrogens is 5. The van der Waals surface area contributed by atoms with Crippen LogP contribution < -0.4 is 15.4 Å². The van der Waals surface area contributed by atoms with E-state index in [-0.39, 0.29) is 24.7 Å². The lowest BCUT2D eigenvalue weighted by Crippen LogP contribution is -2.39. The van der Waals surface area contributed by atoms with Gasteiger partial charge in [0.05, 0.1) is 41.6 Å². The fourth-order valence-electron chi connectivity index (χ4n) is 4.44. The summed E-state index contributed by atoms with van der Waals surface area (Å²) in [6, 6.07) is 8.18. The molecule has 14 heteroatoms. The van der Waals surface area contributed by atoms with E-state index in [2.05, 4.69) is 30.9 Å². The van der Waals surface area contributed by atoms with Gasteiger partial charge in [-0.2, -0.15) is 23.3 Å². The number of aryl methyl sites for hydroxylation is 1. The van der Waals surface area contributed by atoms with Crippen LogP contribution in [-0.2, 0) is 7.05 Å². The Hall–Kier alpha value is -3.84. The largest absolute Gasteiger partial charge is 0.496 e. The maximum Gasteiger partial charge on any atom is 0.401 e. The lowest BCUT2D eigenvalue weighted by atomic mass is 10.1. The standard InChI is InChI=1S/C24H24ClF3N8O2/c1-35-23(31-18-6-5-17-16(20(18)25)10-29-33-17)32-21(34-35)13-3-4-15(19(9-13)38-2)22(37)30-14-7-8-36(11-14)12-24(26,27)28/h3-6,9-10,14H,7-8,11-12H2,1-2H3,(H,29,33)(H,30,37)(H,31,32,34)/t14-/m0/s1. The number of fused-ring (bicyclic) bond motifs is 1. The maximum atomic E-state index is 12.9. The van der Waals surface area contributed by atoms with Gasteiger partial charge in [-0.25, -0.2) is 4.68 Å². The van der Waals surface area contributed by atoms with Crippen LogP contribution in [0.5, 0.6) is 5.75 Å². The van der Waals surface area contributed by atoms with Crippen LogP contribution in [0, 0.1) is 0 Å². The summed E-state index contributed by atoms with van der Waals surface area (Å²) in [5.41, 5.74) is 2.31. The third kappa shape index (κ3) is 5.38. The molecule has 0 spiro atoms. The number of rotatable bonds is 7. The van der Waals surface area contributed by atoms with Gasteiger partial charge in [-0.1, -0.05) is 17.7 Å². The molecule has 0 unspecified atom stereocenters. The van der Waals surface area contributed by atoms with Gasteiger partial charge in [0.25, 0.3) is 5.91 Å². The molecular weight excluding hydrogens is 525 g/mol. The molecule has 4 aromatic rings. The van der Waals surface area contributed by atoms with Gasteiger partial charge in [-0.15, -0.1) is 5.10 Å². The van der Waals surface area contributed by atoms with Crippen molar-refractivity contribution in [3.05, 3.63) is 47.1 Å². The summed E-state index contributed by atoms with van der Waals surface area (Å²) in [6.45, 7) is -0.588. The number of aromatic amines is 1. The molecule has 200 valence electrons. The van der Waals surface area contributed by atoms with Crippen LogP contribution in [0.1, 0.15) is 16.8 Å². The molecule has 1 aliphatic heterocycles. The Labute approximate surface area is 220 Å². The van der Waals surface area contributed by atoms with Gasteiger partial charge in [0.2, 0.25) is 5.95 Å². The molecule has 1 amide bonds. The van der Waals surface area contributed by atoms with E-state index >= 15 is 0 Å². The number of anilines is 2. The van der Waals surface area contributed by atoms with Crippen LogP contribution in [0.25, 0.3) is 22.3 Å². The van der Waals surface area contributed by atoms with Gasteiger partial charge in [-0.3, -0.25) is 14.8 Å². The van der Waals surface area contributed by atoms with Gasteiger partial charge in [-0.05, 0) is 30.7 Å². The maximum absolute atomic E-state index is 12.9. The third-order valence-corrected chi connectivity index (χ3v) is 6.69. The fourth-order valence-corrected chi connectivity index (χ4v) is 4.71. The summed E-state index contributed by atoms with van der Waals surface area (Å²) in [5, 5.41) is 18.6. The summed E-state index contributed by atoms with van der Waals surface area (Å²) in [5.74, 6) is 0.697. The highest BCUT2D eigenvalue weighted by Crippen LogP contribution is 2.32. The van der Waals surface area contributed by atoms with Crippen LogP contribution in [0.2, 0.25) is 5.02 Å². The molecule has 0 bridgehead atoms. The van der Waals surface area contributed by atoms with Crippen LogP contribution in [-0.4, -0.2) is 74.7 Å². The molecule has 3 N–H and O–H groups in total. The van der Waals surface area contributed by atoms with Gasteiger partial charge < -0.3 is 15.4 Å². The average molecular weight is 549 g/mol. The summed E-state index contributed by atoms with van der Waals surface area (Å²) >= 11 is 6.51. The van der Waals surface area contributed by atoms with E-state index in [0.717, 1.165) is 10.9 Å². The van der Waals surface area contributed by atoms with E-state index in [1.807, 2.05) is 6.07 Å². The number of nitrogens with zero attached hydrogens (tertiary/aromatic N) is 5. The number of benzene rings is 2. The molecule has 0 saturated carbocycles. The molecule has 0 radical (unpaired) electrons. The molecule has 1 aliphatic rings. The highest BCUT2D eigenvalue weighted by Gasteiger charge is 2.35. The van der Waals surface area contributed by atoms with Crippen molar-refractivity contribution in [3.8, 4) is 17.1 Å². The predicted molar refractivity (Wildman–Crippen MR) is 136 cm³/mol. The van der Waals surface area contributed by atoms with Crippen molar-refractivity contribution in [1.29, 1.82) is 0 Å². The van der Waals surface area contributed by atoms with E-state index in [9.17, 15) is 18.0 Å². The number of H-pyrrole nitrogens is 1. The molecule has 2 aromatic carbocycles. The average Bonchev–Trinajstić information content (AvgIpc) is 3.60. The van der Waals surface area contributed by atoms with Crippen LogP contribution in [0.4, 0.5) is 24.8 Å². The minimum Gasteiger partial charge on any atom is -0.496 e. The van der Waals surface area contributed by atoms with Crippen LogP contribution in [0.3, 0.4) is 0 Å². The first-order valence-electron chi connectivity index (χ1n) is 11.7. The molecule has 10 nitrogen and oxygen atoms in total. The SMILES string of the molecule is COc1cc(-c2nc(Nc3ccc4[nH]ncc4c3Cl)n(C)n2)ccc1C(=O)N[C@H]1CCN(CC(F)(F)F)C1. The smallest absolute Gasteiger partial charge is 0.401 e. The Morgan fingerprint density at radius 2 is 2.11 bits per heavy atom. The van der Waals surface area contributed by atoms with E-state index in [1.54, 1.807) is 42.2 Å². The van der Waals surface area contributed by atoms with Crippen molar-refractivity contribution in [2.24, 2.45) is 7.05 Å². The number of amides is 1. The van der Waals surface area contributed by atoms with Crippen molar-refractivity contribution >= 4 is 40.0 Å². The van der Waals surface area contributed by atoms with E-state index in [0.29, 0.717) is 40.2 Å². The number of halogens is 4. The molecule has 38 heavy (non-hydrogen) atoms. The quantitative estimate of drug-likeness (QED) is 0.318. The zero-order chi connectivity index (χ0) is 27.0. The number of nitrogens with one attached hydrogen (secondary N) is 3. The zero-order valence-electron chi connectivity index (χ0n) is 20.4. The second-order valence-electron chi connectivity index (χ2n) is 8.99. The van der Waals surface area contributed by atoms with Crippen molar-refractivity contribution < 1.29 is 22.7 Å². The van der Waals surface area contributed by atoms with Crippen LogP contribution >= 0.6 is 11.6 Å². The van der Waals surface area contributed by atoms with Gasteiger partial charge in [0.15, 0.2) is 5.82 Å². The van der Waals surface area contributed by atoms with Crippen molar-refractivity contribution in [2.45, 2.75) is 18.6 Å². The number of carbonyl (C=O) groups is 1. The van der Waals surface area contributed by atoms with Crippen molar-refractivity contribution in [2.75, 3.05) is 32.1 Å². The number of hydrogen-bond acceptors (Lipinski definition) is 7. The molecule has 1 atom stereocenters. The fraction of sp³-hybridized carbons (Fsp3) is 0.333. The first kappa shape index (κ1) is 25.8. The topological polar surface area (TPSA) is 113 Å². The molecule has 3 heterocycles. The molecule has 2 aromatic heterocycles. The predicted octanol–water partition coefficient (Wildman–Crippen LogP) is 4.13. The van der Waals surface area contributed by atoms with Gasteiger partial charge >= 0.3 is 6.18 Å². The van der Waals surface area contributed by atoms with Gasteiger partial charge in [0, 0.05) is 37.1 Å². The zero-order valence-corrected chi connectivity index (χ0v) is 21.2. The first-order chi connectivity index (χ1) is 18.1. The molecule has 1 saturated heterocycles. The lowest BCUT2D eigenvalue weighted by molar-refractivity contribution is -0.143. The number of ether oxygens (including phenoxy) is 1. The molecule has 1 fully saturated rings. The summed E-state index contributed by atoms with van der Waals surface area (Å²) < 4.78 is 45.0. The number of likely N-dealkylation sites (tertiary alicyclic amines) is 1. The molecule has 5 rings (SSSR count). The highest BCUT2D eigenvalue weighted by molar-refractivity contribution is 6.38. The summed E-state index contributed by atoms with van der Waals surface area (Å²) in [6.07, 6.45) is -2.19. The Morgan fingerprint density at radius 3 is 2.87 bits per heavy atom. The number of methoxy groups -OCH3 is 1. The Morgan fingerprint density at radius 1 is 1.29 bits per heavy atom. The third-order valence-electron chi connectivity index (χ3n) is 6.28. The summed E-state index contributed by atoms with van der Waals surface area (Å²) in [4.78, 5) is 18.7. The van der Waals surface area contributed by atoms with Crippen molar-refractivity contribution in [1.82, 2.24) is 35.2 Å². The molecule has 0 aliphatic carbocycles. The van der Waals surface area contributed by atoms with Gasteiger partial charge in [0.1, 0.15) is 5.75 Å². The normalized spacial score (nSPS) is 16.2. The monoisotopic (exact) mass is 548 g/mol. The second kappa shape index (κ2) is 10.1. The van der Waals surface area contributed by atoms with E-state index in [1.165, 1.54) is 12.0 Å². The van der Waals surface area contributed by atoms with Crippen LogP contribution in [0.15, 0.2) is 36.5 Å². The van der Waals surface area contributed by atoms with E-state index < -0.39 is 18.6 Å².